The number of nitriles is 1. The molecule has 20 heavy (non-hydrogen) atoms. The van der Waals surface area contributed by atoms with Crippen LogP contribution >= 0.6 is 0 Å². The minimum atomic E-state index is 0.326. The largest absolute Gasteiger partial charge is 0.373 e. The van der Waals surface area contributed by atoms with Gasteiger partial charge >= 0.3 is 0 Å². The maximum Gasteiger partial charge on any atom is 0.125 e. The van der Waals surface area contributed by atoms with Crippen LogP contribution in [0.5, 0.6) is 0 Å². The van der Waals surface area contributed by atoms with Gasteiger partial charge in [0.1, 0.15) is 11.9 Å². The number of nitrogens with zero attached hydrogens (tertiary/aromatic N) is 3. The number of pyridine rings is 1. The van der Waals surface area contributed by atoms with Gasteiger partial charge in [-0.2, -0.15) is 5.26 Å². The summed E-state index contributed by atoms with van der Waals surface area (Å²) < 4.78 is 5.72. The molecule has 2 atom stereocenters. The van der Waals surface area contributed by atoms with E-state index in [-0.39, 0.29) is 0 Å². The molecule has 0 radical (unpaired) electrons. The minimum Gasteiger partial charge on any atom is -0.373 e. The van der Waals surface area contributed by atoms with Gasteiger partial charge < -0.3 is 10.1 Å². The third-order valence-electron chi connectivity index (χ3n) is 3.35. The summed E-state index contributed by atoms with van der Waals surface area (Å²) in [6, 6.07) is 5.69. The molecule has 0 aliphatic carbocycles. The zero-order valence-electron chi connectivity index (χ0n) is 12.2. The van der Waals surface area contributed by atoms with Gasteiger partial charge in [0, 0.05) is 32.4 Å². The van der Waals surface area contributed by atoms with Gasteiger partial charge in [0.25, 0.3) is 0 Å². The summed E-state index contributed by atoms with van der Waals surface area (Å²) in [5, 5.41) is 12.0. The van der Waals surface area contributed by atoms with Gasteiger partial charge in [-0.05, 0) is 32.4 Å². The molecule has 1 fully saturated rings. The molecule has 1 aromatic heterocycles. The molecule has 0 bridgehead atoms. The molecule has 1 saturated heterocycles. The summed E-state index contributed by atoms with van der Waals surface area (Å²) in [5.41, 5.74) is 0.590. The number of hydrogen-bond acceptors (Lipinski definition) is 5. The van der Waals surface area contributed by atoms with Crippen molar-refractivity contribution in [3.63, 3.8) is 0 Å². The van der Waals surface area contributed by atoms with Crippen LogP contribution in [0.1, 0.15) is 25.8 Å². The number of rotatable bonds is 5. The summed E-state index contributed by atoms with van der Waals surface area (Å²) in [6.07, 6.45) is 3.31. The van der Waals surface area contributed by atoms with Crippen molar-refractivity contribution in [1.29, 1.82) is 5.26 Å². The first-order valence-corrected chi connectivity index (χ1v) is 7.15. The van der Waals surface area contributed by atoms with Crippen LogP contribution in [-0.2, 0) is 4.74 Å². The highest BCUT2D eigenvalue weighted by atomic mass is 16.5. The molecule has 5 heteroatoms. The Morgan fingerprint density at radius 3 is 2.75 bits per heavy atom. The minimum absolute atomic E-state index is 0.326. The second kappa shape index (κ2) is 7.22. The lowest BCUT2D eigenvalue weighted by molar-refractivity contribution is -0.0678. The van der Waals surface area contributed by atoms with E-state index in [1.165, 1.54) is 0 Å². The van der Waals surface area contributed by atoms with Crippen molar-refractivity contribution in [3.8, 4) is 6.07 Å². The van der Waals surface area contributed by atoms with Gasteiger partial charge in [-0.25, -0.2) is 4.98 Å². The molecular formula is C15H22N4O. The summed E-state index contributed by atoms with van der Waals surface area (Å²) >= 11 is 0. The van der Waals surface area contributed by atoms with Crippen molar-refractivity contribution in [2.75, 3.05) is 31.5 Å². The molecule has 1 aromatic rings. The van der Waals surface area contributed by atoms with Crippen LogP contribution in [0.25, 0.3) is 0 Å². The van der Waals surface area contributed by atoms with Crippen LogP contribution in [0, 0.1) is 11.3 Å². The van der Waals surface area contributed by atoms with E-state index in [0.717, 1.165) is 38.4 Å². The number of morpholine rings is 1. The predicted octanol–water partition coefficient (Wildman–Crippen LogP) is 1.86. The monoisotopic (exact) mass is 274 g/mol. The lowest BCUT2D eigenvalue weighted by atomic mass is 10.2. The number of aromatic nitrogens is 1. The smallest absolute Gasteiger partial charge is 0.125 e. The first kappa shape index (κ1) is 14.8. The molecule has 0 amide bonds. The Hall–Kier alpha value is -1.64. The van der Waals surface area contributed by atoms with E-state index in [1.807, 2.05) is 6.07 Å². The second-order valence-electron chi connectivity index (χ2n) is 5.34. The summed E-state index contributed by atoms with van der Waals surface area (Å²) in [7, 11) is 0. The zero-order valence-corrected chi connectivity index (χ0v) is 12.2. The van der Waals surface area contributed by atoms with E-state index in [0.29, 0.717) is 17.8 Å². The van der Waals surface area contributed by atoms with E-state index in [9.17, 15) is 0 Å². The van der Waals surface area contributed by atoms with Crippen LogP contribution in [0.15, 0.2) is 18.3 Å². The number of hydrogen-bond donors (Lipinski definition) is 1. The number of nitrogens with one attached hydrogen (secondary N) is 1. The highest BCUT2D eigenvalue weighted by Crippen LogP contribution is 2.11. The second-order valence-corrected chi connectivity index (χ2v) is 5.34. The van der Waals surface area contributed by atoms with E-state index >= 15 is 0 Å². The van der Waals surface area contributed by atoms with Crippen LogP contribution < -0.4 is 5.32 Å². The van der Waals surface area contributed by atoms with Gasteiger partial charge in [0.2, 0.25) is 0 Å². The molecule has 5 nitrogen and oxygen atoms in total. The van der Waals surface area contributed by atoms with Gasteiger partial charge in [0.15, 0.2) is 0 Å². The lowest BCUT2D eigenvalue weighted by Gasteiger charge is -2.35. The maximum atomic E-state index is 8.70. The van der Waals surface area contributed by atoms with Gasteiger partial charge in [0.05, 0.1) is 17.8 Å². The first-order valence-electron chi connectivity index (χ1n) is 7.15. The topological polar surface area (TPSA) is 61.2 Å². The molecule has 108 valence electrons. The van der Waals surface area contributed by atoms with Crippen molar-refractivity contribution in [2.24, 2.45) is 0 Å². The zero-order chi connectivity index (χ0) is 14.4. The molecule has 2 rings (SSSR count). The Morgan fingerprint density at radius 2 is 2.15 bits per heavy atom. The van der Waals surface area contributed by atoms with E-state index in [2.05, 4.69) is 35.1 Å². The standard InChI is InChI=1S/C15H22N4O/c1-12-10-19(11-13(2)20-12)7-3-6-17-15-5-4-14(8-16)9-18-15/h4-5,9,12-13H,3,6-7,10-11H2,1-2H3,(H,17,18). The van der Waals surface area contributed by atoms with Crippen molar-refractivity contribution in [3.05, 3.63) is 23.9 Å². The molecule has 2 unspecified atom stereocenters. The van der Waals surface area contributed by atoms with Crippen LogP contribution in [0.2, 0.25) is 0 Å². The number of ether oxygens (including phenoxy) is 1. The van der Waals surface area contributed by atoms with Gasteiger partial charge in [-0.1, -0.05) is 0 Å². The fourth-order valence-corrected chi connectivity index (χ4v) is 2.55. The third kappa shape index (κ3) is 4.48. The average molecular weight is 274 g/mol. The molecule has 0 spiro atoms. The predicted molar refractivity (Wildman–Crippen MR) is 78.5 cm³/mol. The van der Waals surface area contributed by atoms with E-state index in [4.69, 9.17) is 10.00 Å². The molecule has 1 aliphatic rings. The number of anilines is 1. The highest BCUT2D eigenvalue weighted by molar-refractivity contribution is 5.38. The molecular weight excluding hydrogens is 252 g/mol. The Bertz CT molecular complexity index is 444. The normalized spacial score (nSPS) is 23.2. The Balaban J connectivity index is 1.67. The van der Waals surface area contributed by atoms with Gasteiger partial charge in [-0.15, -0.1) is 0 Å². The molecule has 1 N–H and O–H groups in total. The van der Waals surface area contributed by atoms with Crippen molar-refractivity contribution >= 4 is 5.82 Å². The first-order chi connectivity index (χ1) is 9.67. The fraction of sp³-hybridized carbons (Fsp3) is 0.600. The van der Waals surface area contributed by atoms with Crippen molar-refractivity contribution in [1.82, 2.24) is 9.88 Å². The summed E-state index contributed by atoms with van der Waals surface area (Å²) in [6.45, 7) is 8.24. The Labute approximate surface area is 120 Å². The third-order valence-corrected chi connectivity index (χ3v) is 3.35. The van der Waals surface area contributed by atoms with Crippen LogP contribution in [0.3, 0.4) is 0 Å². The quantitative estimate of drug-likeness (QED) is 0.830. The maximum absolute atomic E-state index is 8.70. The van der Waals surface area contributed by atoms with E-state index < -0.39 is 0 Å². The van der Waals surface area contributed by atoms with Crippen LogP contribution in [-0.4, -0.2) is 48.3 Å². The molecule has 2 heterocycles. The van der Waals surface area contributed by atoms with Crippen LogP contribution in [0.4, 0.5) is 5.82 Å². The summed E-state index contributed by atoms with van der Waals surface area (Å²) in [4.78, 5) is 6.64. The fourth-order valence-electron chi connectivity index (χ4n) is 2.55. The Morgan fingerprint density at radius 1 is 1.40 bits per heavy atom. The molecule has 0 saturated carbocycles. The van der Waals surface area contributed by atoms with E-state index in [1.54, 1.807) is 12.3 Å². The van der Waals surface area contributed by atoms with Gasteiger partial charge in [-0.3, -0.25) is 4.90 Å². The average Bonchev–Trinajstić information content (AvgIpc) is 2.43. The lowest BCUT2D eigenvalue weighted by Crippen LogP contribution is -2.45. The highest BCUT2D eigenvalue weighted by Gasteiger charge is 2.21. The van der Waals surface area contributed by atoms with Crippen molar-refractivity contribution in [2.45, 2.75) is 32.5 Å². The summed E-state index contributed by atoms with van der Waals surface area (Å²) in [5.74, 6) is 0.827. The Kier molecular flexibility index (Phi) is 5.33. The van der Waals surface area contributed by atoms with Crippen molar-refractivity contribution < 1.29 is 4.74 Å². The SMILES string of the molecule is CC1CN(CCCNc2ccc(C#N)cn2)CC(C)O1. The molecule has 1 aliphatic heterocycles. The molecule has 0 aromatic carbocycles.